The van der Waals surface area contributed by atoms with Gasteiger partial charge in [-0.1, -0.05) is 54.6 Å². The first-order chi connectivity index (χ1) is 13.3. The second kappa shape index (κ2) is 6.21. The van der Waals surface area contributed by atoms with E-state index in [9.17, 15) is 4.79 Å². The van der Waals surface area contributed by atoms with Gasteiger partial charge in [0, 0.05) is 11.9 Å². The van der Waals surface area contributed by atoms with E-state index in [0.717, 1.165) is 16.5 Å². The van der Waals surface area contributed by atoms with Crippen molar-refractivity contribution in [2.45, 2.75) is 6.54 Å². The first-order valence-corrected chi connectivity index (χ1v) is 8.79. The van der Waals surface area contributed by atoms with Crippen molar-refractivity contribution in [3.05, 3.63) is 94.8 Å². The molecule has 0 bridgehead atoms. The molecule has 0 saturated carbocycles. The molecule has 0 unspecified atom stereocenters. The fraction of sp³-hybridized carbons (Fsp3) is 0.0455. The van der Waals surface area contributed by atoms with Crippen molar-refractivity contribution in [1.29, 1.82) is 0 Å². The zero-order chi connectivity index (χ0) is 18.2. The van der Waals surface area contributed by atoms with Crippen LogP contribution in [0, 0.1) is 0 Å². The molecule has 3 aromatic carbocycles. The van der Waals surface area contributed by atoms with Crippen LogP contribution in [0.2, 0.25) is 0 Å². The van der Waals surface area contributed by atoms with E-state index in [1.165, 1.54) is 0 Å². The summed E-state index contributed by atoms with van der Waals surface area (Å²) in [5.74, 6) is 0.496. The third-order valence-corrected chi connectivity index (χ3v) is 4.65. The Morgan fingerprint density at radius 2 is 1.37 bits per heavy atom. The van der Waals surface area contributed by atoms with Gasteiger partial charge < -0.3 is 5.32 Å². The van der Waals surface area contributed by atoms with E-state index in [2.05, 4.69) is 5.32 Å². The van der Waals surface area contributed by atoms with Crippen molar-refractivity contribution >= 4 is 33.4 Å². The molecule has 5 rings (SSSR count). The van der Waals surface area contributed by atoms with Crippen LogP contribution >= 0.6 is 0 Å². The minimum absolute atomic E-state index is 0.121. The van der Waals surface area contributed by atoms with Crippen LogP contribution in [0.1, 0.15) is 5.56 Å². The highest BCUT2D eigenvalue weighted by atomic mass is 16.1. The van der Waals surface area contributed by atoms with Crippen LogP contribution in [0.3, 0.4) is 0 Å². The summed E-state index contributed by atoms with van der Waals surface area (Å²) in [6.07, 6.45) is 0. The third-order valence-electron chi connectivity index (χ3n) is 4.65. The highest BCUT2D eigenvalue weighted by Crippen LogP contribution is 2.21. The highest BCUT2D eigenvalue weighted by Gasteiger charge is 2.13. The highest BCUT2D eigenvalue weighted by molar-refractivity contribution is 5.95. The summed E-state index contributed by atoms with van der Waals surface area (Å²) in [4.78, 5) is 22.7. The summed E-state index contributed by atoms with van der Waals surface area (Å²) in [5.41, 5.74) is 3.09. The molecule has 0 amide bonds. The maximum Gasteiger partial charge on any atom is 0.268 e. The van der Waals surface area contributed by atoms with Gasteiger partial charge in [0.1, 0.15) is 0 Å². The molecule has 5 aromatic rings. The Hall–Kier alpha value is -3.73. The van der Waals surface area contributed by atoms with Gasteiger partial charge in [-0.2, -0.15) is 0 Å². The molecule has 5 nitrogen and oxygen atoms in total. The number of fused-ring (bicyclic) bond motifs is 4. The molecule has 0 radical (unpaired) electrons. The zero-order valence-electron chi connectivity index (χ0n) is 14.5. The average molecular weight is 352 g/mol. The fourth-order valence-electron chi connectivity index (χ4n) is 3.33. The van der Waals surface area contributed by atoms with Crippen molar-refractivity contribution in [3.8, 4) is 0 Å². The van der Waals surface area contributed by atoms with Gasteiger partial charge in [-0.15, -0.1) is 0 Å². The lowest BCUT2D eigenvalue weighted by Crippen LogP contribution is -2.20. The summed E-state index contributed by atoms with van der Waals surface area (Å²) in [5, 5.41) is 4.74. The van der Waals surface area contributed by atoms with Crippen molar-refractivity contribution in [3.63, 3.8) is 0 Å². The van der Waals surface area contributed by atoms with E-state index in [4.69, 9.17) is 9.97 Å². The van der Waals surface area contributed by atoms with E-state index >= 15 is 0 Å². The number of rotatable bonds is 3. The smallest absolute Gasteiger partial charge is 0.268 e. The minimum Gasteiger partial charge on any atom is -0.351 e. The Balaban J connectivity index is 1.80. The summed E-state index contributed by atoms with van der Waals surface area (Å²) >= 11 is 0. The maximum absolute atomic E-state index is 13.2. The van der Waals surface area contributed by atoms with Crippen molar-refractivity contribution < 1.29 is 0 Å². The predicted molar refractivity (Wildman–Crippen MR) is 108 cm³/mol. The number of nitrogens with one attached hydrogen (secondary N) is 1. The van der Waals surface area contributed by atoms with Crippen LogP contribution in [0.4, 0.5) is 5.95 Å². The molecule has 0 aliphatic carbocycles. The Bertz CT molecular complexity index is 1340. The molecule has 0 spiro atoms. The lowest BCUT2D eigenvalue weighted by atomic mass is 10.2. The standard InChI is InChI=1S/C22H16N4O/c27-21-17-11-5-7-13-19(17)24-20-16-10-4-6-12-18(16)25-22(26(20)21)23-14-15-8-2-1-3-9-15/h1-13H,14H2,(H,23,25). The molecule has 0 atom stereocenters. The number of para-hydroxylation sites is 2. The monoisotopic (exact) mass is 352 g/mol. The van der Waals surface area contributed by atoms with Gasteiger partial charge in [-0.3, -0.25) is 4.79 Å². The van der Waals surface area contributed by atoms with E-state index in [-0.39, 0.29) is 5.56 Å². The first-order valence-electron chi connectivity index (χ1n) is 8.79. The van der Waals surface area contributed by atoms with Crippen LogP contribution in [0.5, 0.6) is 0 Å². The topological polar surface area (TPSA) is 59.3 Å². The number of anilines is 1. The molecule has 130 valence electrons. The Kier molecular flexibility index (Phi) is 3.57. The molecule has 5 heteroatoms. The first kappa shape index (κ1) is 15.5. The van der Waals surface area contributed by atoms with Crippen LogP contribution in [-0.4, -0.2) is 14.4 Å². The Labute approximate surface area is 154 Å². The molecule has 2 heterocycles. The minimum atomic E-state index is -0.121. The number of aromatic nitrogens is 3. The maximum atomic E-state index is 13.2. The molecule has 0 saturated heterocycles. The van der Waals surface area contributed by atoms with Crippen LogP contribution in [-0.2, 0) is 6.54 Å². The number of hydrogen-bond acceptors (Lipinski definition) is 4. The van der Waals surface area contributed by atoms with Crippen molar-refractivity contribution in [1.82, 2.24) is 14.4 Å². The lowest BCUT2D eigenvalue weighted by Gasteiger charge is -2.13. The van der Waals surface area contributed by atoms with Gasteiger partial charge in [0.2, 0.25) is 5.95 Å². The quantitative estimate of drug-likeness (QED) is 0.394. The Morgan fingerprint density at radius 1 is 0.741 bits per heavy atom. The molecular formula is C22H16N4O. The number of hydrogen-bond donors (Lipinski definition) is 1. The van der Waals surface area contributed by atoms with E-state index in [1.807, 2.05) is 72.8 Å². The molecule has 0 aliphatic heterocycles. The molecular weight excluding hydrogens is 336 g/mol. The molecule has 27 heavy (non-hydrogen) atoms. The van der Waals surface area contributed by atoms with Gasteiger partial charge >= 0.3 is 0 Å². The van der Waals surface area contributed by atoms with E-state index < -0.39 is 0 Å². The zero-order valence-corrected chi connectivity index (χ0v) is 14.5. The van der Waals surface area contributed by atoms with E-state index in [0.29, 0.717) is 29.0 Å². The normalized spacial score (nSPS) is 11.3. The third kappa shape index (κ3) is 2.60. The van der Waals surface area contributed by atoms with Gasteiger partial charge in [0.15, 0.2) is 5.65 Å². The van der Waals surface area contributed by atoms with Gasteiger partial charge in [-0.05, 0) is 29.8 Å². The summed E-state index contributed by atoms with van der Waals surface area (Å²) in [6.45, 7) is 0.570. The van der Waals surface area contributed by atoms with Crippen LogP contribution < -0.4 is 10.9 Å². The second-order valence-corrected chi connectivity index (χ2v) is 6.38. The van der Waals surface area contributed by atoms with E-state index in [1.54, 1.807) is 10.5 Å². The number of nitrogens with zero attached hydrogens (tertiary/aromatic N) is 3. The summed E-state index contributed by atoms with van der Waals surface area (Å²) in [7, 11) is 0. The number of benzene rings is 3. The van der Waals surface area contributed by atoms with Crippen LogP contribution in [0.25, 0.3) is 27.5 Å². The van der Waals surface area contributed by atoms with Gasteiger partial charge in [0.25, 0.3) is 5.56 Å². The second-order valence-electron chi connectivity index (χ2n) is 6.38. The molecule has 0 aliphatic rings. The molecule has 2 aromatic heterocycles. The van der Waals surface area contributed by atoms with Gasteiger partial charge in [-0.25, -0.2) is 14.4 Å². The SMILES string of the molecule is O=c1c2ccccc2nc2c3ccccc3nc(NCc3ccccc3)n12. The fourth-order valence-corrected chi connectivity index (χ4v) is 3.33. The summed E-state index contributed by atoms with van der Waals surface area (Å²) in [6, 6.07) is 25.2. The van der Waals surface area contributed by atoms with Crippen molar-refractivity contribution in [2.24, 2.45) is 0 Å². The molecule has 1 N–H and O–H groups in total. The van der Waals surface area contributed by atoms with Crippen molar-refractivity contribution in [2.75, 3.05) is 5.32 Å². The van der Waals surface area contributed by atoms with Crippen LogP contribution in [0.15, 0.2) is 83.7 Å². The summed E-state index contributed by atoms with van der Waals surface area (Å²) < 4.78 is 1.58. The molecule has 0 fully saturated rings. The largest absolute Gasteiger partial charge is 0.351 e. The Morgan fingerprint density at radius 3 is 2.15 bits per heavy atom. The average Bonchev–Trinajstić information content (AvgIpc) is 2.73. The van der Waals surface area contributed by atoms with Gasteiger partial charge in [0.05, 0.1) is 16.4 Å². The lowest BCUT2D eigenvalue weighted by molar-refractivity contribution is 0.993. The predicted octanol–water partition coefficient (Wildman–Crippen LogP) is 4.01.